The number of nitrogens with zero attached hydrogens (tertiary/aromatic N) is 2. The fourth-order valence-corrected chi connectivity index (χ4v) is 4.77. The Labute approximate surface area is 169 Å². The van der Waals surface area contributed by atoms with Crippen LogP contribution in [0.15, 0.2) is 59.6 Å². The minimum Gasteiger partial charge on any atom is -0.486 e. The van der Waals surface area contributed by atoms with Crippen molar-refractivity contribution in [3.8, 4) is 22.9 Å². The maximum Gasteiger partial charge on any atom is 0.161 e. The Morgan fingerprint density at radius 3 is 2.57 bits per heavy atom. The molecule has 0 fully saturated rings. The molecule has 0 amide bonds. The number of fused-ring (bicyclic) bond motifs is 2. The fraction of sp³-hybridized carbons (Fsp3) is 0.304. The van der Waals surface area contributed by atoms with Gasteiger partial charge in [-0.05, 0) is 37.8 Å². The lowest BCUT2D eigenvalue weighted by Gasteiger charge is -2.26. The lowest BCUT2D eigenvalue weighted by atomic mass is 9.97. The van der Waals surface area contributed by atoms with Crippen molar-refractivity contribution in [2.45, 2.75) is 36.8 Å². The van der Waals surface area contributed by atoms with Crippen LogP contribution in [-0.4, -0.2) is 28.4 Å². The standard InChI is InChI=1S/C23H22N2O2S/c1-2-8-16(9-3-1)22-24-19-11-5-4-10-18(19)23(25-22)28-15-17-14-26-20-12-6-7-13-21(20)27-17/h1-3,6-9,12-13,17H,4-5,10-11,14-15H2/t17-/m1/s1. The molecular formula is C23H22N2O2S. The molecule has 1 aliphatic heterocycles. The van der Waals surface area contributed by atoms with Crippen LogP contribution in [0.5, 0.6) is 11.5 Å². The monoisotopic (exact) mass is 390 g/mol. The van der Waals surface area contributed by atoms with Crippen molar-refractivity contribution in [3.05, 3.63) is 65.9 Å². The average molecular weight is 391 g/mol. The number of ether oxygens (including phenoxy) is 2. The molecule has 142 valence electrons. The highest BCUT2D eigenvalue weighted by Gasteiger charge is 2.23. The molecule has 1 aliphatic carbocycles. The molecule has 1 atom stereocenters. The summed E-state index contributed by atoms with van der Waals surface area (Å²) in [5.74, 6) is 3.30. The first-order valence-corrected chi connectivity index (χ1v) is 10.8. The highest BCUT2D eigenvalue weighted by atomic mass is 32.2. The Morgan fingerprint density at radius 1 is 0.893 bits per heavy atom. The maximum atomic E-state index is 6.12. The molecule has 0 unspecified atom stereocenters. The summed E-state index contributed by atoms with van der Waals surface area (Å²) in [7, 11) is 0. The number of hydrogen-bond acceptors (Lipinski definition) is 5. The molecule has 0 N–H and O–H groups in total. The van der Waals surface area contributed by atoms with Crippen molar-refractivity contribution in [2.24, 2.45) is 0 Å². The van der Waals surface area contributed by atoms with Crippen molar-refractivity contribution >= 4 is 11.8 Å². The molecule has 2 aromatic carbocycles. The fourth-order valence-electron chi connectivity index (χ4n) is 3.71. The number of rotatable bonds is 4. The van der Waals surface area contributed by atoms with Crippen molar-refractivity contribution in [1.29, 1.82) is 0 Å². The largest absolute Gasteiger partial charge is 0.486 e. The second kappa shape index (κ2) is 7.84. The predicted octanol–water partition coefficient (Wildman–Crippen LogP) is 4.95. The van der Waals surface area contributed by atoms with Gasteiger partial charge in [-0.15, -0.1) is 11.8 Å². The summed E-state index contributed by atoms with van der Waals surface area (Å²) in [6.07, 6.45) is 4.55. The van der Waals surface area contributed by atoms with E-state index in [-0.39, 0.29) is 6.10 Å². The molecule has 0 saturated heterocycles. The molecule has 28 heavy (non-hydrogen) atoms. The number of para-hydroxylation sites is 2. The van der Waals surface area contributed by atoms with Gasteiger partial charge in [0, 0.05) is 22.6 Å². The van der Waals surface area contributed by atoms with E-state index in [4.69, 9.17) is 19.4 Å². The molecule has 5 rings (SSSR count). The molecule has 4 nitrogen and oxygen atoms in total. The van der Waals surface area contributed by atoms with E-state index in [1.807, 2.05) is 42.5 Å². The van der Waals surface area contributed by atoms with Crippen molar-refractivity contribution in [1.82, 2.24) is 9.97 Å². The zero-order valence-electron chi connectivity index (χ0n) is 15.6. The molecular weight excluding hydrogens is 368 g/mol. The van der Waals surface area contributed by atoms with E-state index < -0.39 is 0 Å². The van der Waals surface area contributed by atoms with Gasteiger partial charge < -0.3 is 9.47 Å². The molecule has 0 spiro atoms. The Bertz CT molecular complexity index is 978. The molecule has 0 bridgehead atoms. The number of benzene rings is 2. The first-order valence-electron chi connectivity index (χ1n) is 9.83. The van der Waals surface area contributed by atoms with Crippen LogP contribution >= 0.6 is 11.8 Å². The summed E-state index contributed by atoms with van der Waals surface area (Å²) >= 11 is 1.77. The highest BCUT2D eigenvalue weighted by Crippen LogP contribution is 2.35. The van der Waals surface area contributed by atoms with Gasteiger partial charge in [0.25, 0.3) is 0 Å². The summed E-state index contributed by atoms with van der Waals surface area (Å²) in [5, 5.41) is 1.10. The van der Waals surface area contributed by atoms with E-state index in [2.05, 4.69) is 12.1 Å². The molecule has 2 aliphatic rings. The molecule has 5 heteroatoms. The number of aromatic nitrogens is 2. The van der Waals surface area contributed by atoms with Gasteiger partial charge in [-0.1, -0.05) is 42.5 Å². The van der Waals surface area contributed by atoms with Crippen molar-refractivity contribution in [3.63, 3.8) is 0 Å². The van der Waals surface area contributed by atoms with E-state index >= 15 is 0 Å². The normalized spacial score (nSPS) is 17.8. The first-order chi connectivity index (χ1) is 13.9. The smallest absolute Gasteiger partial charge is 0.161 e. The van der Waals surface area contributed by atoms with E-state index in [1.165, 1.54) is 24.1 Å². The van der Waals surface area contributed by atoms with Crippen LogP contribution < -0.4 is 9.47 Å². The van der Waals surface area contributed by atoms with Gasteiger partial charge in [-0.25, -0.2) is 9.97 Å². The topological polar surface area (TPSA) is 44.2 Å². The lowest BCUT2D eigenvalue weighted by molar-refractivity contribution is 0.107. The van der Waals surface area contributed by atoms with Gasteiger partial charge in [0.05, 0.1) is 0 Å². The summed E-state index contributed by atoms with van der Waals surface area (Å²) in [5.41, 5.74) is 3.62. The minimum atomic E-state index is 0.0225. The summed E-state index contributed by atoms with van der Waals surface area (Å²) in [4.78, 5) is 9.83. The van der Waals surface area contributed by atoms with Gasteiger partial charge in [-0.3, -0.25) is 0 Å². The van der Waals surface area contributed by atoms with E-state index in [0.29, 0.717) is 6.61 Å². The van der Waals surface area contributed by atoms with Crippen LogP contribution in [0.3, 0.4) is 0 Å². The molecule has 0 radical (unpaired) electrons. The Kier molecular flexibility index (Phi) is 4.92. The van der Waals surface area contributed by atoms with Crippen LogP contribution in [0.4, 0.5) is 0 Å². The van der Waals surface area contributed by atoms with E-state index in [1.54, 1.807) is 11.8 Å². The Morgan fingerprint density at radius 2 is 1.68 bits per heavy atom. The average Bonchev–Trinajstić information content (AvgIpc) is 2.77. The molecule has 1 aromatic heterocycles. The number of thioether (sulfide) groups is 1. The van der Waals surface area contributed by atoms with E-state index in [0.717, 1.165) is 46.5 Å². The number of hydrogen-bond donors (Lipinski definition) is 0. The second-order valence-corrected chi connectivity index (χ2v) is 8.17. The second-order valence-electron chi connectivity index (χ2n) is 7.16. The van der Waals surface area contributed by atoms with Crippen LogP contribution in [0.25, 0.3) is 11.4 Å². The Balaban J connectivity index is 1.38. The molecule has 2 heterocycles. The number of aryl methyl sites for hydroxylation is 1. The third-order valence-corrected chi connectivity index (χ3v) is 6.30. The van der Waals surface area contributed by atoms with Gasteiger partial charge in [-0.2, -0.15) is 0 Å². The SMILES string of the molecule is c1ccc(-c2nc3c(c(SC[C@H]4COc5ccccc5O4)n2)CCCC3)cc1. The van der Waals surface area contributed by atoms with E-state index in [9.17, 15) is 0 Å². The van der Waals surface area contributed by atoms with Crippen LogP contribution in [0.1, 0.15) is 24.1 Å². The zero-order valence-corrected chi connectivity index (χ0v) is 16.5. The first kappa shape index (κ1) is 17.6. The van der Waals surface area contributed by atoms with Gasteiger partial charge in [0.2, 0.25) is 0 Å². The van der Waals surface area contributed by atoms with Gasteiger partial charge in [0.1, 0.15) is 17.7 Å². The third-order valence-electron chi connectivity index (χ3n) is 5.15. The summed E-state index contributed by atoms with van der Waals surface area (Å²) in [6.45, 7) is 0.572. The Hall–Kier alpha value is -2.53. The van der Waals surface area contributed by atoms with Gasteiger partial charge >= 0.3 is 0 Å². The van der Waals surface area contributed by atoms with Crippen LogP contribution in [0.2, 0.25) is 0 Å². The quantitative estimate of drug-likeness (QED) is 0.466. The summed E-state index contributed by atoms with van der Waals surface area (Å²) in [6, 6.07) is 18.1. The third kappa shape index (κ3) is 3.59. The van der Waals surface area contributed by atoms with Crippen molar-refractivity contribution < 1.29 is 9.47 Å². The van der Waals surface area contributed by atoms with Gasteiger partial charge in [0.15, 0.2) is 17.3 Å². The van der Waals surface area contributed by atoms with Crippen molar-refractivity contribution in [2.75, 3.05) is 12.4 Å². The van der Waals surface area contributed by atoms with Crippen LogP contribution in [0, 0.1) is 0 Å². The van der Waals surface area contributed by atoms with Crippen LogP contribution in [-0.2, 0) is 12.8 Å². The lowest BCUT2D eigenvalue weighted by Crippen LogP contribution is -2.31. The zero-order chi connectivity index (χ0) is 18.8. The molecule has 0 saturated carbocycles. The molecule has 3 aromatic rings. The highest BCUT2D eigenvalue weighted by molar-refractivity contribution is 7.99. The summed E-state index contributed by atoms with van der Waals surface area (Å²) < 4.78 is 12.0. The maximum absolute atomic E-state index is 6.12. The predicted molar refractivity (Wildman–Crippen MR) is 111 cm³/mol. The minimum absolute atomic E-state index is 0.0225.